The van der Waals surface area contributed by atoms with Crippen molar-refractivity contribution in [3.63, 3.8) is 0 Å². The molecule has 0 unspecified atom stereocenters. The van der Waals surface area contributed by atoms with E-state index in [2.05, 4.69) is 34.7 Å². The third kappa shape index (κ3) is 9.16. The van der Waals surface area contributed by atoms with Crippen LogP contribution in [0.1, 0.15) is 47.7 Å². The molecule has 0 aliphatic rings. The van der Waals surface area contributed by atoms with E-state index in [1.807, 2.05) is 12.1 Å². The summed E-state index contributed by atoms with van der Waals surface area (Å²) in [6.07, 6.45) is 3.36. The van der Waals surface area contributed by atoms with Gasteiger partial charge in [0.15, 0.2) is 5.78 Å². The molecule has 8 heteroatoms. The van der Waals surface area contributed by atoms with Crippen molar-refractivity contribution in [3.05, 3.63) is 65.2 Å². The highest BCUT2D eigenvalue weighted by Crippen LogP contribution is 2.09. The molecule has 0 aromatic heterocycles. The molecule has 0 saturated carbocycles. The van der Waals surface area contributed by atoms with Crippen LogP contribution in [0.2, 0.25) is 0 Å². The van der Waals surface area contributed by atoms with E-state index < -0.39 is 24.3 Å². The molecule has 1 atom stereocenters. The number of unbranched alkanes of at least 4 members (excludes halogenated alkanes) is 2. The molecule has 0 heterocycles. The molecule has 6 N–H and O–H groups in total. The number of benzene rings is 2. The monoisotopic (exact) mass is 464 g/mol. The maximum absolute atomic E-state index is 12.3. The summed E-state index contributed by atoms with van der Waals surface area (Å²) in [4.78, 5) is 35.8. The molecule has 2 rings (SSSR count). The van der Waals surface area contributed by atoms with Gasteiger partial charge in [-0.3, -0.25) is 14.4 Å². The Bertz CT molecular complexity index is 1010. The average Bonchev–Trinajstić information content (AvgIpc) is 2.86. The van der Waals surface area contributed by atoms with Crippen LogP contribution in [0.4, 0.5) is 5.69 Å². The zero-order valence-electron chi connectivity index (χ0n) is 19.4. The number of carbonyl (C=O) groups excluding carboxylic acids is 3. The summed E-state index contributed by atoms with van der Waals surface area (Å²) < 4.78 is 0. The summed E-state index contributed by atoms with van der Waals surface area (Å²) >= 11 is 0. The second-order valence-electron chi connectivity index (χ2n) is 7.72. The Kier molecular flexibility index (Phi) is 11.5. The van der Waals surface area contributed by atoms with Gasteiger partial charge in [0.2, 0.25) is 5.91 Å². The van der Waals surface area contributed by atoms with Crippen LogP contribution in [0.5, 0.6) is 0 Å². The van der Waals surface area contributed by atoms with Crippen LogP contribution in [0.25, 0.3) is 0 Å². The van der Waals surface area contributed by atoms with Crippen molar-refractivity contribution in [3.8, 4) is 11.8 Å². The molecule has 2 amide bonds. The van der Waals surface area contributed by atoms with Crippen LogP contribution in [-0.4, -0.2) is 55.0 Å². The zero-order valence-corrected chi connectivity index (χ0v) is 19.4. The van der Waals surface area contributed by atoms with Gasteiger partial charge in [-0.2, -0.15) is 0 Å². The lowest BCUT2D eigenvalue weighted by Gasteiger charge is -2.14. The van der Waals surface area contributed by atoms with Gasteiger partial charge in [0.05, 0.1) is 6.54 Å². The summed E-state index contributed by atoms with van der Waals surface area (Å²) in [7, 11) is 0. The molecule has 34 heavy (non-hydrogen) atoms. The summed E-state index contributed by atoms with van der Waals surface area (Å²) in [5, 5.41) is 17.4. The van der Waals surface area contributed by atoms with E-state index in [-0.39, 0.29) is 19.0 Å². The van der Waals surface area contributed by atoms with Crippen molar-refractivity contribution in [1.29, 1.82) is 0 Å². The molecule has 0 saturated heterocycles. The number of hydrogen-bond acceptors (Lipinski definition) is 6. The Morgan fingerprint density at radius 1 is 0.971 bits per heavy atom. The number of Topliss-reactive ketones (excluding diaryl/α,β-unsaturated/α-hetero) is 1. The van der Waals surface area contributed by atoms with Gasteiger partial charge in [-0.1, -0.05) is 31.6 Å². The standard InChI is InChI=1S/C26H32N4O4/c1-2-3-4-15-28-17-25(33)29-22-13-9-20(10-14-22)6-5-19-7-11-21(12-8-19)26(34)30-23(16-27)24(32)18-31/h7-14,23,28,31H,2-4,15-18,27H2,1H3,(H,29,33)(H,30,34)/t23-/m0/s1. The number of aliphatic hydroxyl groups excluding tert-OH is 1. The Hall–Kier alpha value is -3.51. The van der Waals surface area contributed by atoms with E-state index in [0.29, 0.717) is 16.8 Å². The SMILES string of the molecule is CCCCCNCC(=O)Nc1ccc(C#Cc2ccc(C(=O)N[C@@H](CN)C(=O)CO)cc2)cc1. The number of rotatable bonds is 12. The van der Waals surface area contributed by atoms with Gasteiger partial charge >= 0.3 is 0 Å². The molecular formula is C26H32N4O4. The maximum Gasteiger partial charge on any atom is 0.251 e. The van der Waals surface area contributed by atoms with E-state index in [1.165, 1.54) is 0 Å². The van der Waals surface area contributed by atoms with E-state index in [1.54, 1.807) is 36.4 Å². The van der Waals surface area contributed by atoms with Crippen molar-refractivity contribution < 1.29 is 19.5 Å². The highest BCUT2D eigenvalue weighted by atomic mass is 16.3. The summed E-state index contributed by atoms with van der Waals surface area (Å²) in [5.74, 6) is 4.99. The highest BCUT2D eigenvalue weighted by Gasteiger charge is 2.18. The van der Waals surface area contributed by atoms with Crippen molar-refractivity contribution in [2.45, 2.75) is 32.2 Å². The molecule has 0 aliphatic carbocycles. The first-order valence-electron chi connectivity index (χ1n) is 11.3. The van der Waals surface area contributed by atoms with Crippen LogP contribution in [0.15, 0.2) is 48.5 Å². The van der Waals surface area contributed by atoms with Crippen LogP contribution in [-0.2, 0) is 9.59 Å². The second kappa shape index (κ2) is 14.6. The van der Waals surface area contributed by atoms with Crippen molar-refractivity contribution in [2.24, 2.45) is 5.73 Å². The van der Waals surface area contributed by atoms with Gasteiger partial charge in [0, 0.05) is 28.9 Å². The minimum absolute atomic E-state index is 0.0852. The Labute approximate surface area is 200 Å². The molecule has 0 spiro atoms. The average molecular weight is 465 g/mol. The topological polar surface area (TPSA) is 134 Å². The molecule has 0 aliphatic heterocycles. The number of nitrogens with two attached hydrogens (primary N) is 1. The summed E-state index contributed by atoms with van der Waals surface area (Å²) in [6, 6.07) is 12.9. The fraction of sp³-hybridized carbons (Fsp3) is 0.346. The molecule has 2 aromatic rings. The number of ketones is 1. The van der Waals surface area contributed by atoms with Crippen molar-refractivity contribution in [1.82, 2.24) is 10.6 Å². The zero-order chi connectivity index (χ0) is 24.8. The maximum atomic E-state index is 12.3. The van der Waals surface area contributed by atoms with Gasteiger partial charge in [-0.05, 0) is 61.5 Å². The lowest BCUT2D eigenvalue weighted by molar-refractivity contribution is -0.123. The third-order valence-corrected chi connectivity index (χ3v) is 5.00. The summed E-state index contributed by atoms with van der Waals surface area (Å²) in [6.45, 7) is 2.49. The smallest absolute Gasteiger partial charge is 0.251 e. The van der Waals surface area contributed by atoms with Crippen LogP contribution < -0.4 is 21.7 Å². The number of hydrogen-bond donors (Lipinski definition) is 5. The Morgan fingerprint density at radius 3 is 2.15 bits per heavy atom. The normalized spacial score (nSPS) is 11.1. The number of anilines is 1. The molecule has 0 fully saturated rings. The lowest BCUT2D eigenvalue weighted by Crippen LogP contribution is -2.46. The lowest BCUT2D eigenvalue weighted by atomic mass is 10.1. The Morgan fingerprint density at radius 2 is 1.59 bits per heavy atom. The van der Waals surface area contributed by atoms with Gasteiger partial charge in [0.25, 0.3) is 5.91 Å². The first-order valence-corrected chi connectivity index (χ1v) is 11.3. The van der Waals surface area contributed by atoms with E-state index in [4.69, 9.17) is 10.8 Å². The van der Waals surface area contributed by atoms with Gasteiger partial charge in [-0.15, -0.1) is 0 Å². The van der Waals surface area contributed by atoms with E-state index in [0.717, 1.165) is 31.4 Å². The molecule has 8 nitrogen and oxygen atoms in total. The van der Waals surface area contributed by atoms with Gasteiger partial charge < -0.3 is 26.8 Å². The molecule has 0 radical (unpaired) electrons. The van der Waals surface area contributed by atoms with E-state index in [9.17, 15) is 14.4 Å². The fourth-order valence-electron chi connectivity index (χ4n) is 3.02. The largest absolute Gasteiger partial charge is 0.388 e. The van der Waals surface area contributed by atoms with Crippen LogP contribution >= 0.6 is 0 Å². The molecular weight excluding hydrogens is 432 g/mol. The number of aliphatic hydroxyl groups is 1. The van der Waals surface area contributed by atoms with Crippen LogP contribution in [0.3, 0.4) is 0 Å². The fourth-order valence-corrected chi connectivity index (χ4v) is 3.02. The highest BCUT2D eigenvalue weighted by molar-refractivity contribution is 5.98. The van der Waals surface area contributed by atoms with Gasteiger partial charge in [0.1, 0.15) is 12.6 Å². The first-order chi connectivity index (χ1) is 16.5. The Balaban J connectivity index is 1.88. The summed E-state index contributed by atoms with van der Waals surface area (Å²) in [5.41, 5.74) is 8.03. The minimum Gasteiger partial charge on any atom is -0.388 e. The molecule has 0 bridgehead atoms. The number of amides is 2. The molecule has 2 aromatic carbocycles. The second-order valence-corrected chi connectivity index (χ2v) is 7.72. The van der Waals surface area contributed by atoms with Crippen molar-refractivity contribution >= 4 is 23.3 Å². The first kappa shape index (κ1) is 26.7. The minimum atomic E-state index is -0.924. The predicted molar refractivity (Wildman–Crippen MR) is 132 cm³/mol. The molecule has 180 valence electrons. The van der Waals surface area contributed by atoms with Crippen LogP contribution in [0, 0.1) is 11.8 Å². The predicted octanol–water partition coefficient (Wildman–Crippen LogP) is 1.42. The third-order valence-electron chi connectivity index (χ3n) is 5.00. The van der Waals surface area contributed by atoms with Crippen molar-refractivity contribution in [2.75, 3.05) is 31.6 Å². The van der Waals surface area contributed by atoms with Gasteiger partial charge in [-0.25, -0.2) is 0 Å². The number of nitrogens with one attached hydrogen (secondary N) is 3. The quantitative estimate of drug-likeness (QED) is 0.238. The number of carbonyl (C=O) groups is 3. The van der Waals surface area contributed by atoms with E-state index >= 15 is 0 Å².